The van der Waals surface area contributed by atoms with E-state index in [-0.39, 0.29) is 23.5 Å². The third kappa shape index (κ3) is 6.64. The van der Waals surface area contributed by atoms with Crippen LogP contribution in [0.2, 0.25) is 0 Å². The Kier molecular flexibility index (Phi) is 6.72. The molecule has 17 heavy (non-hydrogen) atoms. The molecule has 4 heteroatoms. The topological polar surface area (TPSA) is 75.3 Å². The molecular weight excluding hydrogens is 216 g/mol. The number of hydrogen-bond donors (Lipinski definition) is 3. The van der Waals surface area contributed by atoms with E-state index in [1.54, 1.807) is 0 Å². The van der Waals surface area contributed by atoms with Gasteiger partial charge in [0.15, 0.2) is 0 Å². The van der Waals surface area contributed by atoms with Gasteiger partial charge >= 0.3 is 0 Å². The van der Waals surface area contributed by atoms with Gasteiger partial charge in [0.25, 0.3) is 0 Å². The first-order chi connectivity index (χ1) is 7.78. The first-order valence-electron chi connectivity index (χ1n) is 6.45. The van der Waals surface area contributed by atoms with Gasteiger partial charge in [-0.2, -0.15) is 0 Å². The smallest absolute Gasteiger partial charge is 0.220 e. The van der Waals surface area contributed by atoms with E-state index in [2.05, 4.69) is 5.32 Å². The SMILES string of the molecule is CCC(CC)(CO)CNC(=O)CCC(C)(C)N. The van der Waals surface area contributed by atoms with Crippen LogP contribution in [0.4, 0.5) is 0 Å². The maximum atomic E-state index is 11.6. The first kappa shape index (κ1) is 16.4. The average molecular weight is 244 g/mol. The lowest BCUT2D eigenvalue weighted by Gasteiger charge is -2.29. The molecule has 0 saturated carbocycles. The molecule has 0 saturated heterocycles. The van der Waals surface area contributed by atoms with Crippen molar-refractivity contribution in [3.8, 4) is 0 Å². The van der Waals surface area contributed by atoms with E-state index in [1.165, 1.54) is 0 Å². The van der Waals surface area contributed by atoms with Crippen molar-refractivity contribution >= 4 is 5.91 Å². The van der Waals surface area contributed by atoms with E-state index in [4.69, 9.17) is 5.73 Å². The van der Waals surface area contributed by atoms with Crippen molar-refractivity contribution in [2.24, 2.45) is 11.1 Å². The molecule has 0 atom stereocenters. The van der Waals surface area contributed by atoms with Gasteiger partial charge in [0.2, 0.25) is 5.91 Å². The van der Waals surface area contributed by atoms with Gasteiger partial charge < -0.3 is 16.2 Å². The Labute approximate surface area is 105 Å². The predicted molar refractivity (Wildman–Crippen MR) is 70.6 cm³/mol. The average Bonchev–Trinajstić information content (AvgIpc) is 2.28. The molecule has 0 unspecified atom stereocenters. The van der Waals surface area contributed by atoms with Crippen LogP contribution >= 0.6 is 0 Å². The summed E-state index contributed by atoms with van der Waals surface area (Å²) < 4.78 is 0. The van der Waals surface area contributed by atoms with Crippen LogP contribution in [0.25, 0.3) is 0 Å². The Morgan fingerprint density at radius 2 is 1.82 bits per heavy atom. The third-order valence-electron chi connectivity index (χ3n) is 3.49. The Morgan fingerprint density at radius 1 is 1.29 bits per heavy atom. The number of aliphatic hydroxyl groups excluding tert-OH is 1. The lowest BCUT2D eigenvalue weighted by molar-refractivity contribution is -0.122. The highest BCUT2D eigenvalue weighted by Crippen LogP contribution is 2.24. The molecule has 0 aliphatic rings. The van der Waals surface area contributed by atoms with Gasteiger partial charge in [0, 0.05) is 23.9 Å². The van der Waals surface area contributed by atoms with Gasteiger partial charge in [-0.05, 0) is 33.1 Å². The molecule has 0 spiro atoms. The number of aliphatic hydroxyl groups is 1. The van der Waals surface area contributed by atoms with Gasteiger partial charge in [0.1, 0.15) is 0 Å². The fourth-order valence-electron chi connectivity index (χ4n) is 1.59. The number of amides is 1. The van der Waals surface area contributed by atoms with Crippen LogP contribution in [-0.2, 0) is 4.79 Å². The summed E-state index contributed by atoms with van der Waals surface area (Å²) in [6.07, 6.45) is 2.84. The number of nitrogens with one attached hydrogen (secondary N) is 1. The molecule has 102 valence electrons. The molecule has 4 N–H and O–H groups in total. The molecule has 0 radical (unpaired) electrons. The fraction of sp³-hybridized carbons (Fsp3) is 0.923. The molecule has 1 amide bonds. The van der Waals surface area contributed by atoms with Gasteiger partial charge in [0.05, 0.1) is 6.61 Å². The number of nitrogens with two attached hydrogens (primary N) is 1. The zero-order chi connectivity index (χ0) is 13.5. The van der Waals surface area contributed by atoms with Gasteiger partial charge in [-0.15, -0.1) is 0 Å². The molecule has 0 aliphatic heterocycles. The van der Waals surface area contributed by atoms with Crippen molar-refractivity contribution in [1.82, 2.24) is 5.32 Å². The van der Waals surface area contributed by atoms with Crippen LogP contribution < -0.4 is 11.1 Å². The summed E-state index contributed by atoms with van der Waals surface area (Å²) in [5.74, 6) is 0.0169. The summed E-state index contributed by atoms with van der Waals surface area (Å²) in [5.41, 5.74) is 5.35. The molecular formula is C13H28N2O2. The Balaban J connectivity index is 4.06. The lowest BCUT2D eigenvalue weighted by Crippen LogP contribution is -2.40. The molecule has 0 bridgehead atoms. The molecule has 0 aromatic carbocycles. The Morgan fingerprint density at radius 3 is 2.18 bits per heavy atom. The highest BCUT2D eigenvalue weighted by atomic mass is 16.3. The summed E-state index contributed by atoms with van der Waals surface area (Å²) in [6, 6.07) is 0. The fourth-order valence-corrected chi connectivity index (χ4v) is 1.59. The number of hydrogen-bond acceptors (Lipinski definition) is 3. The lowest BCUT2D eigenvalue weighted by atomic mass is 9.83. The zero-order valence-corrected chi connectivity index (χ0v) is 11.7. The summed E-state index contributed by atoms with van der Waals surface area (Å²) in [4.78, 5) is 11.6. The molecule has 4 nitrogen and oxygen atoms in total. The second-order valence-corrected chi connectivity index (χ2v) is 5.63. The molecule has 0 aliphatic carbocycles. The van der Waals surface area contributed by atoms with Crippen molar-refractivity contribution in [3.05, 3.63) is 0 Å². The van der Waals surface area contributed by atoms with Gasteiger partial charge in [-0.3, -0.25) is 4.79 Å². The molecule has 0 rings (SSSR count). The Hall–Kier alpha value is -0.610. The van der Waals surface area contributed by atoms with E-state index < -0.39 is 0 Å². The Bertz CT molecular complexity index is 222. The van der Waals surface area contributed by atoms with Crippen LogP contribution in [0.15, 0.2) is 0 Å². The van der Waals surface area contributed by atoms with Crippen molar-refractivity contribution in [2.75, 3.05) is 13.2 Å². The maximum Gasteiger partial charge on any atom is 0.220 e. The van der Waals surface area contributed by atoms with Gasteiger partial charge in [-0.25, -0.2) is 0 Å². The van der Waals surface area contributed by atoms with Crippen LogP contribution in [0.5, 0.6) is 0 Å². The van der Waals surface area contributed by atoms with Crippen LogP contribution in [0.1, 0.15) is 53.4 Å². The highest BCUT2D eigenvalue weighted by molar-refractivity contribution is 5.76. The minimum Gasteiger partial charge on any atom is -0.396 e. The molecule has 0 aromatic rings. The van der Waals surface area contributed by atoms with E-state index in [1.807, 2.05) is 27.7 Å². The highest BCUT2D eigenvalue weighted by Gasteiger charge is 2.25. The predicted octanol–water partition coefficient (Wildman–Crippen LogP) is 1.42. The summed E-state index contributed by atoms with van der Waals surface area (Å²) in [5, 5.41) is 12.3. The monoisotopic (exact) mass is 244 g/mol. The summed E-state index contributed by atoms with van der Waals surface area (Å²) >= 11 is 0. The van der Waals surface area contributed by atoms with Crippen molar-refractivity contribution in [2.45, 2.75) is 58.9 Å². The largest absolute Gasteiger partial charge is 0.396 e. The van der Waals surface area contributed by atoms with E-state index in [0.29, 0.717) is 19.4 Å². The van der Waals surface area contributed by atoms with E-state index in [9.17, 15) is 9.90 Å². The molecule has 0 heterocycles. The van der Waals surface area contributed by atoms with Crippen LogP contribution in [-0.4, -0.2) is 29.7 Å². The van der Waals surface area contributed by atoms with E-state index >= 15 is 0 Å². The van der Waals surface area contributed by atoms with Crippen molar-refractivity contribution in [3.63, 3.8) is 0 Å². The first-order valence-corrected chi connectivity index (χ1v) is 6.45. The minimum atomic E-state index is -0.305. The second-order valence-electron chi connectivity index (χ2n) is 5.63. The van der Waals surface area contributed by atoms with Crippen LogP contribution in [0, 0.1) is 5.41 Å². The van der Waals surface area contributed by atoms with Crippen molar-refractivity contribution in [1.29, 1.82) is 0 Å². The van der Waals surface area contributed by atoms with Gasteiger partial charge in [-0.1, -0.05) is 13.8 Å². The standard InChI is InChI=1S/C13H28N2O2/c1-5-13(6-2,10-16)9-15-11(17)7-8-12(3,4)14/h16H,5-10,14H2,1-4H3,(H,15,17). The zero-order valence-electron chi connectivity index (χ0n) is 11.7. The second kappa shape index (κ2) is 6.97. The number of carbonyl (C=O) groups is 1. The molecule has 0 aromatic heterocycles. The summed E-state index contributed by atoms with van der Waals surface area (Å²) in [6.45, 7) is 8.56. The normalized spacial score (nSPS) is 12.6. The number of carbonyl (C=O) groups excluding carboxylic acids is 1. The molecule has 0 fully saturated rings. The summed E-state index contributed by atoms with van der Waals surface area (Å²) in [7, 11) is 0. The van der Waals surface area contributed by atoms with E-state index in [0.717, 1.165) is 12.8 Å². The number of rotatable bonds is 8. The van der Waals surface area contributed by atoms with Crippen LogP contribution in [0.3, 0.4) is 0 Å². The minimum absolute atomic E-state index is 0.0169. The quantitative estimate of drug-likeness (QED) is 0.604. The van der Waals surface area contributed by atoms with Crippen molar-refractivity contribution < 1.29 is 9.90 Å². The maximum absolute atomic E-state index is 11.6. The third-order valence-corrected chi connectivity index (χ3v) is 3.49.